The van der Waals surface area contributed by atoms with Crippen molar-refractivity contribution in [2.45, 2.75) is 31.7 Å². The molecular formula is C16H16N4O5. The van der Waals surface area contributed by atoms with Gasteiger partial charge in [0.05, 0.1) is 24.5 Å². The highest BCUT2D eigenvalue weighted by Crippen LogP contribution is 2.40. The highest BCUT2D eigenvalue weighted by molar-refractivity contribution is 6.39. The van der Waals surface area contributed by atoms with Gasteiger partial charge in [-0.15, -0.1) is 15.1 Å². The van der Waals surface area contributed by atoms with Crippen LogP contribution >= 0.6 is 0 Å². The maximum Gasteiger partial charge on any atom is 0.354 e. The monoisotopic (exact) mass is 344 g/mol. The van der Waals surface area contributed by atoms with Crippen LogP contribution in [0.3, 0.4) is 0 Å². The van der Waals surface area contributed by atoms with Crippen molar-refractivity contribution < 1.29 is 19.1 Å². The molecule has 2 aliphatic heterocycles. The van der Waals surface area contributed by atoms with Crippen molar-refractivity contribution in [3.63, 3.8) is 0 Å². The van der Waals surface area contributed by atoms with Gasteiger partial charge in [-0.2, -0.15) is 0 Å². The number of methoxy groups -OCH3 is 1. The Morgan fingerprint density at radius 2 is 1.96 bits per heavy atom. The Labute approximate surface area is 143 Å². The molecule has 130 valence electrons. The van der Waals surface area contributed by atoms with Gasteiger partial charge in [0.25, 0.3) is 5.91 Å². The summed E-state index contributed by atoms with van der Waals surface area (Å²) in [6, 6.07) is 6.98. The predicted octanol–water partition coefficient (Wildman–Crippen LogP) is 1.17. The highest BCUT2D eigenvalue weighted by Gasteiger charge is 2.61. The number of esters is 1. The van der Waals surface area contributed by atoms with E-state index in [0.717, 1.165) is 24.0 Å². The van der Waals surface area contributed by atoms with Gasteiger partial charge in [-0.05, 0) is 24.1 Å². The molecule has 0 bridgehead atoms. The molecule has 0 aliphatic carbocycles. The first-order valence-corrected chi connectivity index (χ1v) is 7.72. The molecule has 1 spiro atoms. The minimum absolute atomic E-state index is 0.119. The molecule has 1 saturated heterocycles. The van der Waals surface area contributed by atoms with Gasteiger partial charge >= 0.3 is 5.97 Å². The summed E-state index contributed by atoms with van der Waals surface area (Å²) in [6.45, 7) is 1.99. The van der Waals surface area contributed by atoms with Gasteiger partial charge in [0, 0.05) is 6.42 Å². The van der Waals surface area contributed by atoms with Gasteiger partial charge in [-0.1, -0.05) is 19.1 Å². The molecule has 2 aliphatic rings. The lowest BCUT2D eigenvalue weighted by Crippen LogP contribution is -2.48. The molecule has 0 radical (unpaired) electrons. The number of amides is 2. The van der Waals surface area contributed by atoms with Crippen LogP contribution < -0.4 is 4.90 Å². The topological polar surface area (TPSA) is 109 Å². The normalized spacial score (nSPS) is 22.6. The number of carbonyl (C=O) groups is 3. The number of hydrogen-bond acceptors (Lipinski definition) is 7. The molecule has 9 nitrogen and oxygen atoms in total. The zero-order valence-electron chi connectivity index (χ0n) is 13.8. The Morgan fingerprint density at radius 3 is 2.52 bits per heavy atom. The summed E-state index contributed by atoms with van der Waals surface area (Å²) in [4.78, 5) is 49.3. The minimum Gasteiger partial charge on any atom is -0.464 e. The summed E-state index contributed by atoms with van der Waals surface area (Å²) in [5.74, 6) is -1.88. The van der Waals surface area contributed by atoms with Gasteiger partial charge < -0.3 is 4.74 Å². The number of carbonyl (C=O) groups excluding carboxylic acids is 3. The Balaban J connectivity index is 1.95. The Morgan fingerprint density at radius 1 is 1.28 bits per heavy atom. The quantitative estimate of drug-likeness (QED) is 0.461. The van der Waals surface area contributed by atoms with E-state index in [9.17, 15) is 19.3 Å². The van der Waals surface area contributed by atoms with Gasteiger partial charge in [-0.3, -0.25) is 9.59 Å². The second-order valence-electron chi connectivity index (χ2n) is 5.85. The van der Waals surface area contributed by atoms with Gasteiger partial charge in [0.2, 0.25) is 5.91 Å². The molecule has 1 fully saturated rings. The van der Waals surface area contributed by atoms with Crippen molar-refractivity contribution in [1.82, 2.24) is 5.12 Å². The van der Waals surface area contributed by atoms with Crippen LogP contribution in [0.1, 0.15) is 25.3 Å². The lowest BCUT2D eigenvalue weighted by molar-refractivity contribution is -0.132. The summed E-state index contributed by atoms with van der Waals surface area (Å²) in [7, 11) is 1.16. The number of hydrogen-bond donors (Lipinski definition) is 0. The summed E-state index contributed by atoms with van der Waals surface area (Å²) >= 11 is 0. The van der Waals surface area contributed by atoms with E-state index in [4.69, 9.17) is 0 Å². The standard InChI is InChI=1S/C16H16N4O5/c1-3-10-4-6-11(7-5-10)19-13(21)9-16(15(19)23)8-12(14(22)25-2)17-20(16)18-24/h4-7H,3,8-9H2,1-2H3/t16-/m0/s1. The summed E-state index contributed by atoms with van der Waals surface area (Å²) in [5, 5.41) is 7.08. The summed E-state index contributed by atoms with van der Waals surface area (Å²) in [5.41, 5.74) is -0.259. The van der Waals surface area contributed by atoms with Gasteiger partial charge in [0.15, 0.2) is 11.3 Å². The van der Waals surface area contributed by atoms with E-state index in [0.29, 0.717) is 10.8 Å². The van der Waals surface area contributed by atoms with E-state index in [2.05, 4.69) is 15.1 Å². The number of ether oxygens (including phenoxy) is 1. The molecule has 1 atom stereocenters. The molecule has 0 aromatic heterocycles. The maximum absolute atomic E-state index is 13.0. The van der Waals surface area contributed by atoms with Crippen LogP contribution in [-0.4, -0.2) is 41.3 Å². The van der Waals surface area contributed by atoms with Crippen molar-refractivity contribution in [1.29, 1.82) is 0 Å². The van der Waals surface area contributed by atoms with Crippen molar-refractivity contribution in [2.24, 2.45) is 10.4 Å². The van der Waals surface area contributed by atoms with Crippen molar-refractivity contribution >= 4 is 29.2 Å². The Kier molecular flexibility index (Phi) is 4.07. The van der Waals surface area contributed by atoms with Gasteiger partial charge in [-0.25, -0.2) is 9.69 Å². The first-order chi connectivity index (χ1) is 12.0. The molecule has 1 aromatic rings. The number of hydrazone groups is 1. The lowest BCUT2D eigenvalue weighted by atomic mass is 9.92. The van der Waals surface area contributed by atoms with Gasteiger partial charge in [0.1, 0.15) is 0 Å². The van der Waals surface area contributed by atoms with Crippen LogP contribution in [0.4, 0.5) is 5.69 Å². The molecule has 2 amide bonds. The molecule has 25 heavy (non-hydrogen) atoms. The summed E-state index contributed by atoms with van der Waals surface area (Å²) < 4.78 is 4.58. The number of nitroso groups, excluding NO2 is 1. The smallest absolute Gasteiger partial charge is 0.354 e. The van der Waals surface area contributed by atoms with Crippen LogP contribution in [0, 0.1) is 4.91 Å². The van der Waals surface area contributed by atoms with Crippen LogP contribution in [-0.2, 0) is 25.5 Å². The second kappa shape index (κ2) is 6.08. The third kappa shape index (κ3) is 2.48. The number of nitrogens with zero attached hydrogens (tertiary/aromatic N) is 4. The predicted molar refractivity (Wildman–Crippen MR) is 87.4 cm³/mol. The van der Waals surface area contributed by atoms with Crippen molar-refractivity contribution in [3.05, 3.63) is 34.7 Å². The zero-order valence-corrected chi connectivity index (χ0v) is 13.8. The third-order valence-corrected chi connectivity index (χ3v) is 4.45. The average molecular weight is 344 g/mol. The molecule has 0 saturated carbocycles. The van der Waals surface area contributed by atoms with Crippen molar-refractivity contribution in [2.75, 3.05) is 12.0 Å². The van der Waals surface area contributed by atoms with E-state index in [1.807, 2.05) is 19.1 Å². The molecule has 2 heterocycles. The molecular weight excluding hydrogens is 328 g/mol. The maximum atomic E-state index is 13.0. The number of benzene rings is 1. The molecule has 0 unspecified atom stereocenters. The largest absolute Gasteiger partial charge is 0.464 e. The Hall–Kier alpha value is -3.10. The number of imide groups is 1. The summed E-state index contributed by atoms with van der Waals surface area (Å²) in [6.07, 6.45) is 0.321. The number of rotatable bonds is 4. The first-order valence-electron chi connectivity index (χ1n) is 7.72. The second-order valence-corrected chi connectivity index (χ2v) is 5.85. The molecule has 1 aromatic carbocycles. The van der Waals surface area contributed by atoms with Crippen LogP contribution in [0.5, 0.6) is 0 Å². The lowest BCUT2D eigenvalue weighted by Gasteiger charge is -2.24. The Bertz CT molecular complexity index is 788. The SMILES string of the molecule is CCc1ccc(N2C(=O)C[C@@]3(CC(C(=O)OC)=NN3N=O)C2=O)cc1. The van der Waals surface area contributed by atoms with Crippen LogP contribution in [0.15, 0.2) is 34.7 Å². The van der Waals surface area contributed by atoms with E-state index in [1.54, 1.807) is 12.1 Å². The molecule has 9 heteroatoms. The zero-order chi connectivity index (χ0) is 18.2. The molecule has 3 rings (SSSR count). The van der Waals surface area contributed by atoms with E-state index in [-0.39, 0.29) is 18.6 Å². The number of anilines is 1. The van der Waals surface area contributed by atoms with Crippen molar-refractivity contribution in [3.8, 4) is 0 Å². The fraction of sp³-hybridized carbons (Fsp3) is 0.375. The fourth-order valence-corrected chi connectivity index (χ4v) is 3.08. The fourth-order valence-electron chi connectivity index (χ4n) is 3.08. The average Bonchev–Trinajstić information content (AvgIpc) is 3.12. The van der Waals surface area contributed by atoms with Crippen LogP contribution in [0.2, 0.25) is 0 Å². The molecule has 0 N–H and O–H groups in total. The van der Waals surface area contributed by atoms with E-state index < -0.39 is 23.3 Å². The minimum atomic E-state index is -1.61. The van der Waals surface area contributed by atoms with E-state index >= 15 is 0 Å². The third-order valence-electron chi connectivity index (χ3n) is 4.45. The van der Waals surface area contributed by atoms with Crippen LogP contribution in [0.25, 0.3) is 0 Å². The first kappa shape index (κ1) is 16.7. The number of aryl methyl sites for hydroxylation is 1. The van der Waals surface area contributed by atoms with E-state index in [1.165, 1.54) is 0 Å². The highest BCUT2D eigenvalue weighted by atomic mass is 16.5.